The number of benzene rings is 1. The van der Waals surface area contributed by atoms with Crippen LogP contribution in [-0.4, -0.2) is 27.7 Å². The number of non-ortho nitro benzene ring substituents is 1. The first-order valence-corrected chi connectivity index (χ1v) is 10.8. The highest BCUT2D eigenvalue weighted by molar-refractivity contribution is 7.13. The Morgan fingerprint density at radius 3 is 2.87 bits per heavy atom. The first kappa shape index (κ1) is 18.9. The fourth-order valence-corrected chi connectivity index (χ4v) is 5.40. The maximum Gasteiger partial charge on any atom is 0.296 e. The number of rotatable bonds is 3. The lowest BCUT2D eigenvalue weighted by atomic mass is 9.74. The summed E-state index contributed by atoms with van der Waals surface area (Å²) in [5, 5.41) is 13.5. The highest BCUT2D eigenvalue weighted by atomic mass is 32.1. The van der Waals surface area contributed by atoms with E-state index < -0.39 is 16.9 Å². The zero-order valence-corrected chi connectivity index (χ0v) is 17.0. The van der Waals surface area contributed by atoms with Crippen molar-refractivity contribution < 1.29 is 19.2 Å². The number of fused-ring (bicyclic) bond motifs is 1. The summed E-state index contributed by atoms with van der Waals surface area (Å²) in [6.45, 7) is 2.12. The van der Waals surface area contributed by atoms with Gasteiger partial charge in [-0.1, -0.05) is 19.1 Å². The zero-order valence-electron chi connectivity index (χ0n) is 16.2. The Morgan fingerprint density at radius 2 is 2.13 bits per heavy atom. The standard InChI is InChI=1S/C21H19N3O5S/c1-11-5-6-15-14(9-11)18(25)16-17(12-3-2-4-13(10-12)24(27)28)23(20(26)19(16)29-15)21-22-7-8-30-21/h2-4,7-8,10-11,14-15,17H,5-6,9H2,1H3. The molecule has 1 aliphatic carbocycles. The molecular formula is C21H19N3O5S. The molecule has 8 nitrogen and oxygen atoms in total. The summed E-state index contributed by atoms with van der Waals surface area (Å²) >= 11 is 1.27. The molecule has 1 aromatic heterocycles. The van der Waals surface area contributed by atoms with E-state index in [1.807, 2.05) is 0 Å². The number of anilines is 1. The molecule has 3 heterocycles. The van der Waals surface area contributed by atoms with Crippen LogP contribution < -0.4 is 4.90 Å². The van der Waals surface area contributed by atoms with Crippen molar-refractivity contribution >= 4 is 33.8 Å². The average Bonchev–Trinajstić information content (AvgIpc) is 3.35. The molecule has 30 heavy (non-hydrogen) atoms. The van der Waals surface area contributed by atoms with Gasteiger partial charge in [0.15, 0.2) is 16.7 Å². The third kappa shape index (κ3) is 2.84. The second-order valence-electron chi connectivity index (χ2n) is 8.03. The van der Waals surface area contributed by atoms with Crippen LogP contribution in [0.15, 0.2) is 47.2 Å². The minimum atomic E-state index is -0.788. The molecule has 1 saturated carbocycles. The van der Waals surface area contributed by atoms with Crippen molar-refractivity contribution in [3.8, 4) is 0 Å². The Hall–Kier alpha value is -3.07. The Bertz CT molecular complexity index is 1080. The van der Waals surface area contributed by atoms with Gasteiger partial charge in [0.25, 0.3) is 11.6 Å². The summed E-state index contributed by atoms with van der Waals surface area (Å²) in [5.41, 5.74) is 0.699. The quantitative estimate of drug-likeness (QED) is 0.547. The number of hydrogen-bond acceptors (Lipinski definition) is 7. The smallest absolute Gasteiger partial charge is 0.296 e. The summed E-state index contributed by atoms with van der Waals surface area (Å²) in [4.78, 5) is 43.5. The van der Waals surface area contributed by atoms with Crippen LogP contribution in [0.3, 0.4) is 0 Å². The number of thiazole rings is 1. The SMILES string of the molecule is CC1CCC2OC3=C(C(=O)C2C1)C(c1cccc([N+](=O)[O-])c1)N(c1nccs1)C3=O. The van der Waals surface area contributed by atoms with Gasteiger partial charge in [0.1, 0.15) is 6.10 Å². The average molecular weight is 425 g/mol. The van der Waals surface area contributed by atoms with E-state index in [1.165, 1.54) is 28.4 Å². The van der Waals surface area contributed by atoms with E-state index in [1.54, 1.807) is 23.7 Å². The number of aromatic nitrogens is 1. The van der Waals surface area contributed by atoms with Crippen molar-refractivity contribution in [2.24, 2.45) is 11.8 Å². The Morgan fingerprint density at radius 1 is 1.30 bits per heavy atom. The third-order valence-electron chi connectivity index (χ3n) is 6.13. The first-order valence-electron chi connectivity index (χ1n) is 9.88. The molecule has 0 spiro atoms. The topological polar surface area (TPSA) is 103 Å². The van der Waals surface area contributed by atoms with Gasteiger partial charge in [0.2, 0.25) is 0 Å². The molecule has 1 fully saturated rings. The van der Waals surface area contributed by atoms with Gasteiger partial charge in [-0.15, -0.1) is 11.3 Å². The lowest BCUT2D eigenvalue weighted by Gasteiger charge is -2.37. The van der Waals surface area contributed by atoms with Crippen LogP contribution in [0.5, 0.6) is 0 Å². The number of ketones is 1. The van der Waals surface area contributed by atoms with Crippen molar-refractivity contribution in [3.05, 3.63) is 62.9 Å². The van der Waals surface area contributed by atoms with E-state index in [0.717, 1.165) is 12.8 Å². The molecule has 0 bridgehead atoms. The van der Waals surface area contributed by atoms with E-state index in [-0.39, 0.29) is 29.3 Å². The van der Waals surface area contributed by atoms with E-state index >= 15 is 0 Å². The lowest BCUT2D eigenvalue weighted by Crippen LogP contribution is -2.41. The normalized spacial score (nSPS) is 28.2. The van der Waals surface area contributed by atoms with Crippen LogP contribution in [0.1, 0.15) is 37.8 Å². The van der Waals surface area contributed by atoms with Gasteiger partial charge < -0.3 is 4.74 Å². The molecule has 5 rings (SSSR count). The number of nitrogens with zero attached hydrogens (tertiary/aromatic N) is 3. The van der Waals surface area contributed by atoms with Crippen LogP contribution in [0.25, 0.3) is 0 Å². The summed E-state index contributed by atoms with van der Waals surface area (Å²) in [6.07, 6.45) is 3.70. The molecule has 3 aliphatic rings. The van der Waals surface area contributed by atoms with Gasteiger partial charge in [-0.3, -0.25) is 24.6 Å². The molecule has 4 atom stereocenters. The molecule has 2 aliphatic heterocycles. The summed E-state index contributed by atoms with van der Waals surface area (Å²) in [6, 6.07) is 5.28. The molecule has 2 aromatic rings. The van der Waals surface area contributed by atoms with Crippen LogP contribution in [0, 0.1) is 22.0 Å². The predicted octanol–water partition coefficient (Wildman–Crippen LogP) is 3.80. The summed E-state index contributed by atoms with van der Waals surface area (Å²) in [7, 11) is 0. The van der Waals surface area contributed by atoms with Gasteiger partial charge in [0.05, 0.1) is 22.5 Å². The Balaban J connectivity index is 1.65. The molecule has 0 radical (unpaired) electrons. The zero-order chi connectivity index (χ0) is 21.0. The van der Waals surface area contributed by atoms with Gasteiger partial charge in [-0.05, 0) is 30.7 Å². The van der Waals surface area contributed by atoms with Gasteiger partial charge in [0, 0.05) is 23.7 Å². The number of ether oxygens (including phenoxy) is 1. The molecule has 0 N–H and O–H groups in total. The summed E-state index contributed by atoms with van der Waals surface area (Å²) < 4.78 is 6.11. The molecule has 154 valence electrons. The number of Topliss-reactive ketones (excluding diaryl/α,β-unsaturated/α-hetero) is 1. The largest absolute Gasteiger partial charge is 0.483 e. The van der Waals surface area contributed by atoms with E-state index in [0.29, 0.717) is 28.6 Å². The maximum absolute atomic E-state index is 13.6. The molecule has 0 saturated heterocycles. The van der Waals surface area contributed by atoms with E-state index in [2.05, 4.69) is 11.9 Å². The Kier molecular flexibility index (Phi) is 4.43. The van der Waals surface area contributed by atoms with E-state index in [4.69, 9.17) is 4.74 Å². The van der Waals surface area contributed by atoms with E-state index in [9.17, 15) is 19.7 Å². The number of carbonyl (C=O) groups excluding carboxylic acids is 2. The van der Waals surface area contributed by atoms with Crippen molar-refractivity contribution in [3.63, 3.8) is 0 Å². The first-order chi connectivity index (χ1) is 14.5. The Labute approximate surface area is 176 Å². The molecular weight excluding hydrogens is 406 g/mol. The predicted molar refractivity (Wildman–Crippen MR) is 109 cm³/mol. The van der Waals surface area contributed by atoms with Gasteiger partial charge in [-0.2, -0.15) is 0 Å². The monoisotopic (exact) mass is 425 g/mol. The number of amides is 1. The van der Waals surface area contributed by atoms with Crippen molar-refractivity contribution in [2.75, 3.05) is 4.90 Å². The number of nitro groups is 1. The van der Waals surface area contributed by atoms with Crippen LogP contribution in [-0.2, 0) is 14.3 Å². The number of hydrogen-bond donors (Lipinski definition) is 0. The van der Waals surface area contributed by atoms with Crippen molar-refractivity contribution in [1.29, 1.82) is 0 Å². The maximum atomic E-state index is 13.6. The third-order valence-corrected chi connectivity index (χ3v) is 6.90. The fraction of sp³-hybridized carbons (Fsp3) is 0.381. The molecule has 4 unspecified atom stereocenters. The number of nitro benzene ring substituents is 1. The second kappa shape index (κ2) is 7.02. The van der Waals surface area contributed by atoms with Crippen molar-refractivity contribution in [2.45, 2.75) is 38.3 Å². The lowest BCUT2D eigenvalue weighted by molar-refractivity contribution is -0.384. The number of carbonyl (C=O) groups is 2. The van der Waals surface area contributed by atoms with Crippen LogP contribution in [0.4, 0.5) is 10.8 Å². The molecule has 1 amide bonds. The summed E-state index contributed by atoms with van der Waals surface area (Å²) in [5.74, 6) is -0.316. The highest BCUT2D eigenvalue weighted by Gasteiger charge is 2.53. The second-order valence-corrected chi connectivity index (χ2v) is 8.91. The molecule has 1 aromatic carbocycles. The van der Waals surface area contributed by atoms with Crippen LogP contribution >= 0.6 is 11.3 Å². The minimum Gasteiger partial charge on any atom is -0.483 e. The minimum absolute atomic E-state index is 0.0718. The molecule has 9 heteroatoms. The van der Waals surface area contributed by atoms with Crippen molar-refractivity contribution in [1.82, 2.24) is 4.98 Å². The fourth-order valence-electron chi connectivity index (χ4n) is 4.73. The van der Waals surface area contributed by atoms with Crippen LogP contribution in [0.2, 0.25) is 0 Å². The highest BCUT2D eigenvalue weighted by Crippen LogP contribution is 2.49. The van der Waals surface area contributed by atoms with Gasteiger partial charge >= 0.3 is 0 Å². The van der Waals surface area contributed by atoms with Gasteiger partial charge in [-0.25, -0.2) is 4.98 Å².